The van der Waals surface area contributed by atoms with E-state index in [1.54, 1.807) is 0 Å². The molecule has 1 fully saturated rings. The first-order valence-electron chi connectivity index (χ1n) is 6.12. The van der Waals surface area contributed by atoms with Crippen molar-refractivity contribution in [3.05, 3.63) is 42.2 Å². The fraction of sp³-hybridized carbons (Fsp3) is 0.385. The van der Waals surface area contributed by atoms with E-state index in [-0.39, 0.29) is 0 Å². The van der Waals surface area contributed by atoms with Crippen molar-refractivity contribution >= 4 is 0 Å². The monoisotopic (exact) mass is 228 g/mol. The third kappa shape index (κ3) is 2.53. The van der Waals surface area contributed by atoms with Crippen LogP contribution in [0.25, 0.3) is 5.69 Å². The van der Waals surface area contributed by atoms with Crippen LogP contribution in [0, 0.1) is 0 Å². The van der Waals surface area contributed by atoms with Crippen molar-refractivity contribution in [2.24, 2.45) is 0 Å². The van der Waals surface area contributed by atoms with Gasteiger partial charge >= 0.3 is 0 Å². The van der Waals surface area contributed by atoms with Gasteiger partial charge in [0.1, 0.15) is 0 Å². The highest BCUT2D eigenvalue weighted by Crippen LogP contribution is 2.18. The van der Waals surface area contributed by atoms with Gasteiger partial charge in [-0.2, -0.15) is 0 Å². The minimum Gasteiger partial charge on any atom is -0.314 e. The number of aromatic nitrogens is 3. The molecule has 1 aromatic carbocycles. The highest BCUT2D eigenvalue weighted by molar-refractivity contribution is 5.31. The van der Waals surface area contributed by atoms with Gasteiger partial charge in [-0.3, -0.25) is 0 Å². The number of para-hydroxylation sites is 1. The largest absolute Gasteiger partial charge is 0.314 e. The van der Waals surface area contributed by atoms with E-state index in [2.05, 4.69) is 15.6 Å². The van der Waals surface area contributed by atoms with Crippen LogP contribution in [0.1, 0.15) is 18.5 Å². The van der Waals surface area contributed by atoms with E-state index in [9.17, 15) is 0 Å². The van der Waals surface area contributed by atoms with Crippen molar-refractivity contribution in [2.75, 3.05) is 6.54 Å². The molecule has 1 N–H and O–H groups in total. The van der Waals surface area contributed by atoms with Crippen LogP contribution in [-0.4, -0.2) is 27.6 Å². The molecule has 1 saturated carbocycles. The van der Waals surface area contributed by atoms with E-state index in [1.165, 1.54) is 12.8 Å². The maximum atomic E-state index is 4.14. The van der Waals surface area contributed by atoms with Gasteiger partial charge in [0, 0.05) is 19.0 Å². The summed E-state index contributed by atoms with van der Waals surface area (Å²) in [5, 5.41) is 11.6. The lowest BCUT2D eigenvalue weighted by Crippen LogP contribution is -2.20. The van der Waals surface area contributed by atoms with E-state index in [1.807, 2.05) is 41.2 Å². The molecule has 1 aromatic heterocycles. The van der Waals surface area contributed by atoms with Crippen LogP contribution in [0.15, 0.2) is 36.5 Å². The number of benzene rings is 1. The van der Waals surface area contributed by atoms with Crippen LogP contribution in [-0.2, 0) is 6.42 Å². The molecule has 1 aliphatic carbocycles. The van der Waals surface area contributed by atoms with Gasteiger partial charge in [0.2, 0.25) is 0 Å². The predicted octanol–water partition coefficient (Wildman–Crippen LogP) is 1.56. The lowest BCUT2D eigenvalue weighted by atomic mass is 10.3. The van der Waals surface area contributed by atoms with Crippen molar-refractivity contribution in [3.8, 4) is 5.69 Å². The van der Waals surface area contributed by atoms with Crippen LogP contribution in [0.2, 0.25) is 0 Å². The van der Waals surface area contributed by atoms with Crippen molar-refractivity contribution in [1.29, 1.82) is 0 Å². The molecule has 0 unspecified atom stereocenters. The van der Waals surface area contributed by atoms with E-state index in [0.29, 0.717) is 0 Å². The van der Waals surface area contributed by atoms with Gasteiger partial charge < -0.3 is 5.32 Å². The van der Waals surface area contributed by atoms with Gasteiger partial charge in [-0.25, -0.2) is 4.68 Å². The zero-order chi connectivity index (χ0) is 11.5. The molecule has 0 bridgehead atoms. The average molecular weight is 228 g/mol. The first-order chi connectivity index (χ1) is 8.43. The molecule has 0 spiro atoms. The molecular formula is C13H16N4. The third-order valence-electron chi connectivity index (χ3n) is 3.01. The van der Waals surface area contributed by atoms with Gasteiger partial charge in [0.15, 0.2) is 0 Å². The second-order valence-electron chi connectivity index (χ2n) is 4.45. The fourth-order valence-electron chi connectivity index (χ4n) is 1.91. The summed E-state index contributed by atoms with van der Waals surface area (Å²) in [6.45, 7) is 1.00. The molecule has 2 aromatic rings. The summed E-state index contributed by atoms with van der Waals surface area (Å²) in [5.74, 6) is 0. The number of hydrogen-bond donors (Lipinski definition) is 1. The molecule has 0 aliphatic heterocycles. The highest BCUT2D eigenvalue weighted by atomic mass is 15.4. The Kier molecular flexibility index (Phi) is 2.88. The molecule has 17 heavy (non-hydrogen) atoms. The van der Waals surface area contributed by atoms with E-state index < -0.39 is 0 Å². The lowest BCUT2D eigenvalue weighted by Gasteiger charge is -2.06. The van der Waals surface area contributed by atoms with Crippen molar-refractivity contribution in [2.45, 2.75) is 25.3 Å². The highest BCUT2D eigenvalue weighted by Gasteiger charge is 2.19. The molecule has 0 radical (unpaired) electrons. The number of rotatable bonds is 5. The third-order valence-corrected chi connectivity index (χ3v) is 3.01. The Morgan fingerprint density at radius 3 is 2.82 bits per heavy atom. The van der Waals surface area contributed by atoms with Crippen LogP contribution >= 0.6 is 0 Å². The summed E-state index contributed by atoms with van der Waals surface area (Å²) in [7, 11) is 0. The summed E-state index contributed by atoms with van der Waals surface area (Å²) in [4.78, 5) is 0. The minimum atomic E-state index is 0.760. The summed E-state index contributed by atoms with van der Waals surface area (Å²) < 4.78 is 1.91. The van der Waals surface area contributed by atoms with E-state index in [4.69, 9.17) is 0 Å². The van der Waals surface area contributed by atoms with Gasteiger partial charge in [-0.15, -0.1) is 5.10 Å². The molecule has 0 atom stereocenters. The zero-order valence-electron chi connectivity index (χ0n) is 9.71. The van der Waals surface area contributed by atoms with Gasteiger partial charge in [0.05, 0.1) is 17.6 Å². The maximum absolute atomic E-state index is 4.14. The second kappa shape index (κ2) is 4.67. The summed E-state index contributed by atoms with van der Waals surface area (Å²) in [5.41, 5.74) is 2.23. The standard InChI is InChI=1S/C13H16N4/c1-2-4-12(5-3-1)17-13(10-15-16-17)8-9-14-11-6-7-11/h1-5,10-11,14H,6-9H2. The lowest BCUT2D eigenvalue weighted by molar-refractivity contribution is 0.658. The Morgan fingerprint density at radius 1 is 1.24 bits per heavy atom. The van der Waals surface area contributed by atoms with Crippen LogP contribution in [0.4, 0.5) is 0 Å². The number of hydrogen-bond acceptors (Lipinski definition) is 3. The molecule has 3 rings (SSSR count). The maximum Gasteiger partial charge on any atom is 0.0730 e. The van der Waals surface area contributed by atoms with E-state index >= 15 is 0 Å². The molecule has 1 heterocycles. The summed E-state index contributed by atoms with van der Waals surface area (Å²) in [6, 6.07) is 10.9. The molecule has 0 amide bonds. The normalized spacial score (nSPS) is 15.1. The quantitative estimate of drug-likeness (QED) is 0.844. The van der Waals surface area contributed by atoms with Crippen LogP contribution in [0.3, 0.4) is 0 Å². The van der Waals surface area contributed by atoms with Gasteiger partial charge in [0.25, 0.3) is 0 Å². The van der Waals surface area contributed by atoms with Crippen LogP contribution in [0.5, 0.6) is 0 Å². The number of nitrogens with zero attached hydrogens (tertiary/aromatic N) is 3. The molecule has 0 saturated heterocycles. The Morgan fingerprint density at radius 2 is 2.06 bits per heavy atom. The molecule has 4 heteroatoms. The Bertz CT molecular complexity index is 473. The first kappa shape index (κ1) is 10.5. The SMILES string of the molecule is c1ccc(-n2nncc2CCNC2CC2)cc1. The zero-order valence-corrected chi connectivity index (χ0v) is 9.71. The Balaban J connectivity index is 1.70. The average Bonchev–Trinajstić information content (AvgIpc) is 3.07. The van der Waals surface area contributed by atoms with Crippen molar-refractivity contribution in [3.63, 3.8) is 0 Å². The van der Waals surface area contributed by atoms with Crippen molar-refractivity contribution in [1.82, 2.24) is 20.3 Å². The van der Waals surface area contributed by atoms with Gasteiger partial charge in [-0.05, 0) is 25.0 Å². The Labute approximate surface area is 101 Å². The molecule has 4 nitrogen and oxygen atoms in total. The topological polar surface area (TPSA) is 42.7 Å². The smallest absolute Gasteiger partial charge is 0.0730 e. The molecule has 88 valence electrons. The van der Waals surface area contributed by atoms with Crippen LogP contribution < -0.4 is 5.32 Å². The second-order valence-corrected chi connectivity index (χ2v) is 4.45. The Hall–Kier alpha value is -1.68. The number of nitrogens with one attached hydrogen (secondary N) is 1. The van der Waals surface area contributed by atoms with E-state index in [0.717, 1.165) is 30.4 Å². The first-order valence-corrected chi connectivity index (χ1v) is 6.12. The fourth-order valence-corrected chi connectivity index (χ4v) is 1.91. The van der Waals surface area contributed by atoms with Crippen molar-refractivity contribution < 1.29 is 0 Å². The molecule has 1 aliphatic rings. The minimum absolute atomic E-state index is 0.760. The predicted molar refractivity (Wildman–Crippen MR) is 66.1 cm³/mol. The summed E-state index contributed by atoms with van der Waals surface area (Å²) >= 11 is 0. The van der Waals surface area contributed by atoms with Gasteiger partial charge in [-0.1, -0.05) is 23.4 Å². The summed E-state index contributed by atoms with van der Waals surface area (Å²) in [6.07, 6.45) is 5.48. The molecular weight excluding hydrogens is 212 g/mol.